The lowest BCUT2D eigenvalue weighted by molar-refractivity contribution is 0.632. The molecule has 0 radical (unpaired) electrons. The van der Waals surface area contributed by atoms with E-state index in [4.69, 9.17) is 4.42 Å². The van der Waals surface area contributed by atoms with Gasteiger partial charge in [0.1, 0.15) is 11.3 Å². The highest BCUT2D eigenvalue weighted by molar-refractivity contribution is 5.91. The lowest BCUT2D eigenvalue weighted by atomic mass is 9.93. The van der Waals surface area contributed by atoms with Gasteiger partial charge >= 0.3 is 0 Å². The molecule has 2 nitrogen and oxygen atoms in total. The minimum atomic E-state index is 0.867. The van der Waals surface area contributed by atoms with Crippen molar-refractivity contribution >= 4 is 28.0 Å². The van der Waals surface area contributed by atoms with E-state index in [9.17, 15) is 0 Å². The third-order valence-electron chi connectivity index (χ3n) is 8.50. The number of anilines is 3. The zero-order chi connectivity index (χ0) is 30.7. The van der Waals surface area contributed by atoms with Crippen molar-refractivity contribution in [2.24, 2.45) is 0 Å². The minimum Gasteiger partial charge on any atom is -0.456 e. The van der Waals surface area contributed by atoms with Crippen molar-refractivity contribution in [2.75, 3.05) is 4.90 Å². The number of rotatable bonds is 7. The van der Waals surface area contributed by atoms with E-state index in [-0.39, 0.29) is 0 Å². The van der Waals surface area contributed by atoms with Crippen LogP contribution in [0.4, 0.5) is 17.1 Å². The van der Waals surface area contributed by atoms with Crippen molar-refractivity contribution in [3.63, 3.8) is 0 Å². The van der Waals surface area contributed by atoms with E-state index in [1.54, 1.807) is 0 Å². The summed E-state index contributed by atoms with van der Waals surface area (Å²) >= 11 is 0. The summed E-state index contributed by atoms with van der Waals surface area (Å²) < 4.78 is 6.40. The van der Waals surface area contributed by atoms with Crippen molar-refractivity contribution < 1.29 is 4.42 Å². The van der Waals surface area contributed by atoms with E-state index in [2.05, 4.69) is 181 Å². The summed E-state index contributed by atoms with van der Waals surface area (Å²) in [7, 11) is 0. The number of fused-ring (bicyclic) bond motifs is 1. The lowest BCUT2D eigenvalue weighted by Gasteiger charge is -2.28. The second kappa shape index (κ2) is 12.1. The highest BCUT2D eigenvalue weighted by Gasteiger charge is 2.18. The van der Waals surface area contributed by atoms with Crippen LogP contribution in [0.1, 0.15) is 0 Å². The predicted octanol–water partition coefficient (Wildman–Crippen LogP) is 12.6. The molecule has 0 amide bonds. The molecule has 0 aliphatic carbocycles. The molecule has 8 rings (SSSR count). The largest absolute Gasteiger partial charge is 0.456 e. The molecule has 0 fully saturated rings. The fourth-order valence-electron chi connectivity index (χ4n) is 6.25. The Bertz CT molecular complexity index is 2200. The first-order chi connectivity index (χ1) is 22.8. The Morgan fingerprint density at radius 2 is 0.913 bits per heavy atom. The molecule has 1 aromatic heterocycles. The smallest absolute Gasteiger partial charge is 0.136 e. The van der Waals surface area contributed by atoms with Gasteiger partial charge < -0.3 is 9.32 Å². The van der Waals surface area contributed by atoms with E-state index in [1.165, 1.54) is 11.1 Å². The van der Waals surface area contributed by atoms with Crippen molar-refractivity contribution in [2.45, 2.75) is 0 Å². The van der Waals surface area contributed by atoms with Gasteiger partial charge in [-0.15, -0.1) is 0 Å². The second-order valence-corrected chi connectivity index (χ2v) is 11.4. The Balaban J connectivity index is 1.22. The number of furan rings is 1. The molecule has 0 unspecified atom stereocenters. The van der Waals surface area contributed by atoms with E-state index >= 15 is 0 Å². The lowest BCUT2D eigenvalue weighted by Crippen LogP contribution is -2.11. The molecule has 0 saturated heterocycles. The van der Waals surface area contributed by atoms with Gasteiger partial charge in [-0.2, -0.15) is 0 Å². The molecule has 0 saturated carbocycles. The highest BCUT2D eigenvalue weighted by atomic mass is 16.3. The van der Waals surface area contributed by atoms with Gasteiger partial charge in [0.15, 0.2) is 0 Å². The number of para-hydroxylation sites is 3. The number of hydrogen-bond donors (Lipinski definition) is 0. The average Bonchev–Trinajstić information content (AvgIpc) is 3.58. The molecule has 46 heavy (non-hydrogen) atoms. The number of nitrogens with zero attached hydrogens (tertiary/aromatic N) is 1. The van der Waals surface area contributed by atoms with Crippen LogP contribution in [0.3, 0.4) is 0 Å². The normalized spacial score (nSPS) is 11.0. The van der Waals surface area contributed by atoms with Gasteiger partial charge in [-0.3, -0.25) is 0 Å². The summed E-state index contributed by atoms with van der Waals surface area (Å²) in [5, 5.41) is 1.10. The van der Waals surface area contributed by atoms with Crippen LogP contribution in [0.2, 0.25) is 0 Å². The predicted molar refractivity (Wildman–Crippen MR) is 193 cm³/mol. The maximum atomic E-state index is 6.40. The quantitative estimate of drug-likeness (QED) is 0.184. The van der Waals surface area contributed by atoms with Crippen molar-refractivity contribution in [1.82, 2.24) is 0 Å². The Hall–Kier alpha value is -6.12. The minimum absolute atomic E-state index is 0.867. The molecule has 0 bridgehead atoms. The van der Waals surface area contributed by atoms with Gasteiger partial charge in [0, 0.05) is 27.9 Å². The van der Waals surface area contributed by atoms with Crippen LogP contribution in [0.5, 0.6) is 0 Å². The maximum Gasteiger partial charge on any atom is 0.136 e. The first-order valence-electron chi connectivity index (χ1n) is 15.6. The summed E-state index contributed by atoms with van der Waals surface area (Å²) in [6.07, 6.45) is 0. The molecule has 0 spiro atoms. The molecular weight excluding hydrogens is 558 g/mol. The van der Waals surface area contributed by atoms with Crippen LogP contribution < -0.4 is 4.90 Å². The SMILES string of the molecule is c1ccc(-c2ccc(-c3ccc(N(c4ccccc4)c4ccccc4-c4ccccc4)cc3)cc2-c2cc3ccccc3o2)cc1. The van der Waals surface area contributed by atoms with Gasteiger partial charge in [-0.05, 0) is 76.3 Å². The van der Waals surface area contributed by atoms with Crippen molar-refractivity contribution in [3.05, 3.63) is 188 Å². The van der Waals surface area contributed by atoms with E-state index in [0.717, 1.165) is 61.6 Å². The van der Waals surface area contributed by atoms with Gasteiger partial charge in [0.05, 0.1) is 5.69 Å². The van der Waals surface area contributed by atoms with Gasteiger partial charge in [0.25, 0.3) is 0 Å². The molecule has 0 atom stereocenters. The molecule has 218 valence electrons. The van der Waals surface area contributed by atoms with Gasteiger partial charge in [-0.25, -0.2) is 0 Å². The van der Waals surface area contributed by atoms with Crippen LogP contribution in [-0.2, 0) is 0 Å². The van der Waals surface area contributed by atoms with Gasteiger partial charge in [-0.1, -0.05) is 140 Å². The first kappa shape index (κ1) is 27.4. The van der Waals surface area contributed by atoms with Crippen LogP contribution >= 0.6 is 0 Å². The van der Waals surface area contributed by atoms with Crippen molar-refractivity contribution in [3.8, 4) is 44.7 Å². The Morgan fingerprint density at radius 1 is 0.348 bits per heavy atom. The highest BCUT2D eigenvalue weighted by Crippen LogP contribution is 2.42. The zero-order valence-corrected chi connectivity index (χ0v) is 25.3. The molecule has 7 aromatic carbocycles. The second-order valence-electron chi connectivity index (χ2n) is 11.4. The van der Waals surface area contributed by atoms with Crippen LogP contribution in [-0.4, -0.2) is 0 Å². The van der Waals surface area contributed by atoms with Crippen LogP contribution in [0, 0.1) is 0 Å². The Labute approximate surface area is 269 Å². The first-order valence-corrected chi connectivity index (χ1v) is 15.6. The maximum absolute atomic E-state index is 6.40. The fraction of sp³-hybridized carbons (Fsp3) is 0. The molecule has 0 aliphatic rings. The number of benzene rings is 7. The standard InChI is InChI=1S/C44H31NO/c1-4-14-33(15-5-1)39-29-26-35(30-41(39)44-31-36-18-10-13-23-43(36)46-44)32-24-27-38(28-25-32)45(37-19-8-3-9-20-37)42-22-12-11-21-40(42)34-16-6-2-7-17-34/h1-31H. The third kappa shape index (κ3) is 5.27. The summed E-state index contributed by atoms with van der Waals surface area (Å²) in [5.74, 6) is 0.867. The molecule has 2 heteroatoms. The molecule has 0 N–H and O–H groups in total. The van der Waals surface area contributed by atoms with E-state index in [1.807, 2.05) is 12.1 Å². The van der Waals surface area contributed by atoms with E-state index < -0.39 is 0 Å². The fourth-order valence-corrected chi connectivity index (χ4v) is 6.25. The summed E-state index contributed by atoms with van der Waals surface area (Å²) in [5.41, 5.74) is 12.3. The zero-order valence-electron chi connectivity index (χ0n) is 25.3. The summed E-state index contributed by atoms with van der Waals surface area (Å²) in [6.45, 7) is 0. The molecule has 1 heterocycles. The molecule has 8 aromatic rings. The topological polar surface area (TPSA) is 16.4 Å². The van der Waals surface area contributed by atoms with Crippen LogP contribution in [0.15, 0.2) is 192 Å². The number of hydrogen-bond acceptors (Lipinski definition) is 2. The monoisotopic (exact) mass is 589 g/mol. The third-order valence-corrected chi connectivity index (χ3v) is 8.50. The van der Waals surface area contributed by atoms with Crippen LogP contribution in [0.25, 0.3) is 55.7 Å². The Kier molecular flexibility index (Phi) is 7.22. The van der Waals surface area contributed by atoms with Crippen molar-refractivity contribution in [1.29, 1.82) is 0 Å². The van der Waals surface area contributed by atoms with E-state index in [0.29, 0.717) is 0 Å². The molecule has 0 aliphatic heterocycles. The average molecular weight is 590 g/mol. The summed E-state index contributed by atoms with van der Waals surface area (Å²) in [6, 6.07) is 66.2. The Morgan fingerprint density at radius 3 is 1.63 bits per heavy atom. The molecular formula is C44H31NO. The summed E-state index contributed by atoms with van der Waals surface area (Å²) in [4.78, 5) is 2.34. The van der Waals surface area contributed by atoms with Gasteiger partial charge in [0.2, 0.25) is 0 Å².